The van der Waals surface area contributed by atoms with E-state index in [1.807, 2.05) is 109 Å². The van der Waals surface area contributed by atoms with E-state index in [-0.39, 0.29) is 18.6 Å². The summed E-state index contributed by atoms with van der Waals surface area (Å²) in [7, 11) is 0. The summed E-state index contributed by atoms with van der Waals surface area (Å²) in [5, 5.41) is 0. The Hall–Kier alpha value is -3.66. The second-order valence-electron chi connectivity index (χ2n) is 10.6. The minimum atomic E-state index is -0.814. The van der Waals surface area contributed by atoms with Crippen LogP contribution in [0.2, 0.25) is 0 Å². The van der Waals surface area contributed by atoms with Crippen molar-refractivity contribution in [3.63, 3.8) is 0 Å². The molecule has 0 saturated carbocycles. The van der Waals surface area contributed by atoms with Gasteiger partial charge in [-0.2, -0.15) is 0 Å². The van der Waals surface area contributed by atoms with Gasteiger partial charge in [-0.1, -0.05) is 116 Å². The maximum Gasteiger partial charge on any atom is 0.344 e. The summed E-state index contributed by atoms with van der Waals surface area (Å²) in [4.78, 5) is 13.3. The molecule has 8 heteroatoms. The number of thioether (sulfide) groups is 1. The minimum absolute atomic E-state index is 0.198. The van der Waals surface area contributed by atoms with Crippen LogP contribution in [0.5, 0.6) is 5.75 Å². The van der Waals surface area contributed by atoms with E-state index in [1.54, 1.807) is 23.9 Å². The summed E-state index contributed by atoms with van der Waals surface area (Å²) in [6, 6.07) is 39.0. The lowest BCUT2D eigenvalue weighted by Gasteiger charge is -2.45. The fourth-order valence-corrected chi connectivity index (χ4v) is 6.04. The number of hydrogen-bond acceptors (Lipinski definition) is 8. The smallest absolute Gasteiger partial charge is 0.344 e. The monoisotopic (exact) mass is 628 g/mol. The Labute approximate surface area is 269 Å². The van der Waals surface area contributed by atoms with Gasteiger partial charge in [-0.15, -0.1) is 11.8 Å². The van der Waals surface area contributed by atoms with E-state index < -0.39 is 30.4 Å². The minimum Gasteiger partial charge on any atom is -0.482 e. The Kier molecular flexibility index (Phi) is 12.9. The second-order valence-corrected chi connectivity index (χ2v) is 12.0. The van der Waals surface area contributed by atoms with E-state index in [4.69, 9.17) is 28.4 Å². The first-order valence-corrected chi connectivity index (χ1v) is 16.3. The molecule has 5 atom stereocenters. The molecule has 4 aromatic rings. The van der Waals surface area contributed by atoms with Gasteiger partial charge in [0.1, 0.15) is 29.5 Å². The van der Waals surface area contributed by atoms with Gasteiger partial charge in [0.05, 0.1) is 26.4 Å². The van der Waals surface area contributed by atoms with Gasteiger partial charge < -0.3 is 28.4 Å². The summed E-state index contributed by atoms with van der Waals surface area (Å²) in [5.41, 5.74) is 2.69. The molecular formula is C37H40O7S. The van der Waals surface area contributed by atoms with Crippen molar-refractivity contribution in [3.05, 3.63) is 138 Å². The molecule has 1 fully saturated rings. The molecule has 0 spiro atoms. The molecule has 1 heterocycles. The molecule has 1 aliphatic heterocycles. The molecule has 0 unspecified atom stereocenters. The highest BCUT2D eigenvalue weighted by atomic mass is 32.2. The van der Waals surface area contributed by atoms with Gasteiger partial charge in [0, 0.05) is 0 Å². The van der Waals surface area contributed by atoms with Crippen LogP contribution >= 0.6 is 11.8 Å². The molecule has 7 nitrogen and oxygen atoms in total. The summed E-state index contributed by atoms with van der Waals surface area (Å²) in [5.74, 6) is 0.850. The predicted molar refractivity (Wildman–Crippen MR) is 175 cm³/mol. The van der Waals surface area contributed by atoms with Crippen LogP contribution in [-0.4, -0.2) is 54.8 Å². The van der Waals surface area contributed by atoms with Crippen LogP contribution < -0.4 is 4.74 Å². The molecule has 0 aliphatic carbocycles. The third-order valence-electron chi connectivity index (χ3n) is 7.25. The molecule has 0 bridgehead atoms. The topological polar surface area (TPSA) is 72.5 Å². The van der Waals surface area contributed by atoms with Gasteiger partial charge in [-0.3, -0.25) is 0 Å². The molecule has 0 N–H and O–H groups in total. The van der Waals surface area contributed by atoms with E-state index in [2.05, 4.69) is 6.92 Å². The van der Waals surface area contributed by atoms with Crippen molar-refractivity contribution in [2.24, 2.45) is 0 Å². The third kappa shape index (κ3) is 10.2. The third-order valence-corrected chi connectivity index (χ3v) is 8.29. The predicted octanol–water partition coefficient (Wildman–Crippen LogP) is 6.84. The Morgan fingerprint density at radius 1 is 0.667 bits per heavy atom. The van der Waals surface area contributed by atoms with Crippen LogP contribution in [0.15, 0.2) is 121 Å². The van der Waals surface area contributed by atoms with E-state index >= 15 is 0 Å². The molecule has 0 aromatic heterocycles. The molecule has 0 amide bonds. The van der Waals surface area contributed by atoms with Crippen LogP contribution in [0.1, 0.15) is 23.6 Å². The molecule has 1 saturated heterocycles. The van der Waals surface area contributed by atoms with Gasteiger partial charge in [-0.25, -0.2) is 4.79 Å². The van der Waals surface area contributed by atoms with Crippen LogP contribution in [0.3, 0.4) is 0 Å². The van der Waals surface area contributed by atoms with Gasteiger partial charge in [0.2, 0.25) is 0 Å². The van der Waals surface area contributed by atoms with Gasteiger partial charge in [0.15, 0.2) is 12.7 Å². The Morgan fingerprint density at radius 2 is 1.18 bits per heavy atom. The first kappa shape index (κ1) is 32.7. The normalized spacial score (nSPS) is 21.2. The number of benzene rings is 4. The van der Waals surface area contributed by atoms with Gasteiger partial charge in [-0.05, 0) is 34.6 Å². The maximum absolute atomic E-state index is 13.3. The average molecular weight is 629 g/mol. The number of rotatable bonds is 16. The van der Waals surface area contributed by atoms with Crippen molar-refractivity contribution in [2.45, 2.75) is 56.6 Å². The second kappa shape index (κ2) is 17.7. The number of para-hydroxylation sites is 1. The largest absolute Gasteiger partial charge is 0.482 e. The van der Waals surface area contributed by atoms with Crippen LogP contribution in [0, 0.1) is 0 Å². The van der Waals surface area contributed by atoms with E-state index in [1.165, 1.54) is 0 Å². The first-order valence-electron chi connectivity index (χ1n) is 15.3. The SMILES string of the molecule is CCS[C@@H]1O[C@H](COCc2ccccc2)[C@@H](OC(=O)COc2ccccc2)[C@H](OCc2ccccc2)[C@H]1OCc1ccccc1. The van der Waals surface area contributed by atoms with Gasteiger partial charge in [0.25, 0.3) is 0 Å². The van der Waals surface area contributed by atoms with Crippen molar-refractivity contribution in [1.82, 2.24) is 0 Å². The summed E-state index contributed by atoms with van der Waals surface area (Å²) in [6.07, 6.45) is -2.59. The van der Waals surface area contributed by atoms with Crippen molar-refractivity contribution >= 4 is 17.7 Å². The molecule has 236 valence electrons. The number of carbonyl (C=O) groups excluding carboxylic acids is 1. The van der Waals surface area contributed by atoms with Crippen molar-refractivity contribution < 1.29 is 33.2 Å². The summed E-state index contributed by atoms with van der Waals surface area (Å²) < 4.78 is 37.9. The number of hydrogen-bond donors (Lipinski definition) is 0. The highest BCUT2D eigenvalue weighted by molar-refractivity contribution is 7.99. The van der Waals surface area contributed by atoms with E-state index in [0.29, 0.717) is 25.6 Å². The molecule has 4 aromatic carbocycles. The zero-order valence-corrected chi connectivity index (χ0v) is 26.3. The zero-order valence-electron chi connectivity index (χ0n) is 25.4. The fraction of sp³-hybridized carbons (Fsp3) is 0.324. The molecule has 0 radical (unpaired) electrons. The Balaban J connectivity index is 1.39. The first-order chi connectivity index (χ1) is 22.2. The lowest BCUT2D eigenvalue weighted by Crippen LogP contribution is -2.61. The number of ether oxygens (including phenoxy) is 6. The Morgan fingerprint density at radius 3 is 1.73 bits per heavy atom. The Bertz CT molecular complexity index is 1390. The zero-order chi connectivity index (χ0) is 31.1. The quantitative estimate of drug-likeness (QED) is 0.125. The summed E-state index contributed by atoms with van der Waals surface area (Å²) >= 11 is 1.63. The average Bonchev–Trinajstić information content (AvgIpc) is 3.09. The van der Waals surface area contributed by atoms with Crippen LogP contribution in [0.4, 0.5) is 0 Å². The standard InChI is InChI=1S/C37H40O7S/c1-2-45-37-36(42-25-30-19-11-5-12-20-30)35(41-24-29-17-9-4-10-18-29)34(44-33(38)27-40-31-21-13-6-14-22-31)32(43-37)26-39-23-28-15-7-3-8-16-28/h3-22,32,34-37H,2,23-27H2,1H3/t32-,34-,35+,36-,37+/m1/s1. The fourth-order valence-electron chi connectivity index (χ4n) is 5.06. The number of esters is 1. The molecular weight excluding hydrogens is 588 g/mol. The van der Waals surface area contributed by atoms with Crippen molar-refractivity contribution in [1.29, 1.82) is 0 Å². The van der Waals surface area contributed by atoms with E-state index in [9.17, 15) is 4.79 Å². The van der Waals surface area contributed by atoms with E-state index in [0.717, 1.165) is 22.4 Å². The molecule has 5 rings (SSSR count). The number of carbonyl (C=O) groups is 1. The molecule has 1 aliphatic rings. The summed E-state index contributed by atoms with van der Waals surface area (Å²) in [6.45, 7) is 3.08. The molecule has 45 heavy (non-hydrogen) atoms. The van der Waals surface area contributed by atoms with Gasteiger partial charge >= 0.3 is 5.97 Å². The highest BCUT2D eigenvalue weighted by Crippen LogP contribution is 2.35. The highest BCUT2D eigenvalue weighted by Gasteiger charge is 2.49. The van der Waals surface area contributed by atoms with Crippen LogP contribution in [-0.2, 0) is 48.3 Å². The van der Waals surface area contributed by atoms with Crippen molar-refractivity contribution in [3.8, 4) is 5.75 Å². The maximum atomic E-state index is 13.3. The lowest BCUT2D eigenvalue weighted by atomic mass is 9.99. The lowest BCUT2D eigenvalue weighted by molar-refractivity contribution is -0.249. The van der Waals surface area contributed by atoms with Crippen molar-refractivity contribution in [2.75, 3.05) is 19.0 Å². The van der Waals surface area contributed by atoms with Crippen LogP contribution in [0.25, 0.3) is 0 Å².